The fraction of sp³-hybridized carbons (Fsp3) is 0.409. The van der Waals surface area contributed by atoms with Crippen molar-refractivity contribution in [3.63, 3.8) is 0 Å². The van der Waals surface area contributed by atoms with Crippen LogP contribution in [0.25, 0.3) is 0 Å². The number of hydrogen-bond donors (Lipinski definition) is 1. The van der Waals surface area contributed by atoms with Crippen LogP contribution in [0, 0.1) is 6.92 Å². The van der Waals surface area contributed by atoms with Gasteiger partial charge in [0.25, 0.3) is 11.5 Å². The van der Waals surface area contributed by atoms with Gasteiger partial charge in [0, 0.05) is 18.8 Å². The standard InChI is InChI=1S/C22H25N3O3/c1-15-5-2-6-16(13-15)14-24-11-3-7-18(21(24)27)22(28)25-12-4-8-19(25)20(26)23-17-9-10-17/h2-3,5-7,11,13,17,19H,4,8-10,12,14H2,1H3,(H,23,26). The molecule has 0 bridgehead atoms. The average molecular weight is 379 g/mol. The first-order valence-electron chi connectivity index (χ1n) is 9.89. The first-order valence-corrected chi connectivity index (χ1v) is 9.89. The molecule has 2 amide bonds. The molecule has 4 rings (SSSR count). The summed E-state index contributed by atoms with van der Waals surface area (Å²) in [5.41, 5.74) is 1.94. The molecule has 28 heavy (non-hydrogen) atoms. The summed E-state index contributed by atoms with van der Waals surface area (Å²) in [7, 11) is 0. The van der Waals surface area contributed by atoms with Crippen molar-refractivity contribution in [1.82, 2.24) is 14.8 Å². The number of likely N-dealkylation sites (tertiary alicyclic amines) is 1. The van der Waals surface area contributed by atoms with E-state index in [0.717, 1.165) is 30.4 Å². The summed E-state index contributed by atoms with van der Waals surface area (Å²) in [6.07, 6.45) is 5.14. The largest absolute Gasteiger partial charge is 0.352 e. The molecule has 2 aliphatic rings. The van der Waals surface area contributed by atoms with Gasteiger partial charge in [0.05, 0.1) is 6.54 Å². The van der Waals surface area contributed by atoms with Gasteiger partial charge in [-0.1, -0.05) is 29.8 Å². The molecule has 2 aromatic rings. The third kappa shape index (κ3) is 3.86. The molecule has 1 aromatic carbocycles. The Hall–Kier alpha value is -2.89. The minimum Gasteiger partial charge on any atom is -0.352 e. The number of nitrogens with zero attached hydrogens (tertiary/aromatic N) is 2. The van der Waals surface area contributed by atoms with E-state index in [2.05, 4.69) is 5.32 Å². The van der Waals surface area contributed by atoms with E-state index in [0.29, 0.717) is 19.5 Å². The average Bonchev–Trinajstić information content (AvgIpc) is 3.34. The van der Waals surface area contributed by atoms with E-state index < -0.39 is 6.04 Å². The van der Waals surface area contributed by atoms with Crippen molar-refractivity contribution >= 4 is 11.8 Å². The van der Waals surface area contributed by atoms with Crippen molar-refractivity contribution in [2.75, 3.05) is 6.54 Å². The molecule has 1 aromatic heterocycles. The second kappa shape index (κ2) is 7.62. The maximum Gasteiger partial charge on any atom is 0.263 e. The lowest BCUT2D eigenvalue weighted by Crippen LogP contribution is -2.47. The number of carbonyl (C=O) groups excluding carboxylic acids is 2. The minimum absolute atomic E-state index is 0.0932. The number of benzene rings is 1. The predicted octanol–water partition coefficient (Wildman–Crippen LogP) is 2.09. The Morgan fingerprint density at radius 3 is 2.71 bits per heavy atom. The molecule has 0 spiro atoms. The molecule has 1 unspecified atom stereocenters. The third-order valence-corrected chi connectivity index (χ3v) is 5.43. The van der Waals surface area contributed by atoms with Crippen molar-refractivity contribution in [3.8, 4) is 0 Å². The van der Waals surface area contributed by atoms with Crippen LogP contribution in [0.3, 0.4) is 0 Å². The van der Waals surface area contributed by atoms with Gasteiger partial charge in [0.2, 0.25) is 5.91 Å². The molecule has 2 fully saturated rings. The van der Waals surface area contributed by atoms with Crippen LogP contribution in [0.4, 0.5) is 0 Å². The predicted molar refractivity (Wildman–Crippen MR) is 106 cm³/mol. The number of rotatable bonds is 5. The van der Waals surface area contributed by atoms with Crippen LogP contribution >= 0.6 is 0 Å². The number of hydrogen-bond acceptors (Lipinski definition) is 3. The van der Waals surface area contributed by atoms with Gasteiger partial charge in [-0.2, -0.15) is 0 Å². The first-order chi connectivity index (χ1) is 13.5. The van der Waals surface area contributed by atoms with E-state index in [-0.39, 0.29) is 29.0 Å². The van der Waals surface area contributed by atoms with Crippen molar-refractivity contribution < 1.29 is 9.59 Å². The Balaban J connectivity index is 1.55. The van der Waals surface area contributed by atoms with Gasteiger partial charge in [-0.25, -0.2) is 0 Å². The molecule has 1 atom stereocenters. The topological polar surface area (TPSA) is 71.4 Å². The van der Waals surface area contributed by atoms with E-state index in [1.54, 1.807) is 27.8 Å². The molecule has 6 nitrogen and oxygen atoms in total. The fourth-order valence-corrected chi connectivity index (χ4v) is 3.79. The number of pyridine rings is 1. The Morgan fingerprint density at radius 1 is 1.14 bits per heavy atom. The van der Waals surface area contributed by atoms with E-state index in [1.165, 1.54) is 0 Å². The van der Waals surface area contributed by atoms with E-state index in [4.69, 9.17) is 0 Å². The zero-order valence-corrected chi connectivity index (χ0v) is 16.1. The van der Waals surface area contributed by atoms with Crippen LogP contribution in [0.2, 0.25) is 0 Å². The smallest absolute Gasteiger partial charge is 0.263 e. The van der Waals surface area contributed by atoms with Gasteiger partial charge in [-0.3, -0.25) is 14.4 Å². The van der Waals surface area contributed by atoms with Crippen LogP contribution in [0.5, 0.6) is 0 Å². The first kappa shape index (κ1) is 18.5. The lowest BCUT2D eigenvalue weighted by Gasteiger charge is -2.24. The highest BCUT2D eigenvalue weighted by atomic mass is 16.2. The normalized spacial score (nSPS) is 18.9. The summed E-state index contributed by atoms with van der Waals surface area (Å²) >= 11 is 0. The van der Waals surface area contributed by atoms with E-state index >= 15 is 0 Å². The van der Waals surface area contributed by atoms with Gasteiger partial charge in [-0.15, -0.1) is 0 Å². The molecule has 0 radical (unpaired) electrons. The number of aromatic nitrogens is 1. The maximum atomic E-state index is 13.1. The van der Waals surface area contributed by atoms with E-state index in [9.17, 15) is 14.4 Å². The Bertz CT molecular complexity index is 961. The van der Waals surface area contributed by atoms with Crippen molar-refractivity contribution in [1.29, 1.82) is 0 Å². The van der Waals surface area contributed by atoms with Gasteiger partial charge < -0.3 is 14.8 Å². The highest BCUT2D eigenvalue weighted by Crippen LogP contribution is 2.23. The van der Waals surface area contributed by atoms with Crippen molar-refractivity contribution in [3.05, 3.63) is 69.6 Å². The third-order valence-electron chi connectivity index (χ3n) is 5.43. The van der Waals surface area contributed by atoms with Crippen LogP contribution in [0.15, 0.2) is 47.4 Å². The highest BCUT2D eigenvalue weighted by Gasteiger charge is 2.37. The summed E-state index contributed by atoms with van der Waals surface area (Å²) in [6, 6.07) is 11.0. The molecule has 1 aliphatic heterocycles. The number of amides is 2. The van der Waals surface area contributed by atoms with Crippen LogP contribution in [-0.4, -0.2) is 39.9 Å². The summed E-state index contributed by atoms with van der Waals surface area (Å²) in [5, 5.41) is 2.98. The molecular formula is C22H25N3O3. The molecule has 1 saturated heterocycles. The van der Waals surface area contributed by atoms with Gasteiger partial charge in [-0.05, 0) is 50.3 Å². The molecule has 2 heterocycles. The van der Waals surface area contributed by atoms with Crippen LogP contribution in [-0.2, 0) is 11.3 Å². The van der Waals surface area contributed by atoms with Crippen molar-refractivity contribution in [2.24, 2.45) is 0 Å². The summed E-state index contributed by atoms with van der Waals surface area (Å²) < 4.78 is 1.55. The minimum atomic E-state index is -0.474. The van der Waals surface area contributed by atoms with Gasteiger partial charge in [0.1, 0.15) is 11.6 Å². The number of aryl methyl sites for hydroxylation is 1. The van der Waals surface area contributed by atoms with Crippen molar-refractivity contribution in [2.45, 2.75) is 51.2 Å². The summed E-state index contributed by atoms with van der Waals surface area (Å²) in [5.74, 6) is -0.443. The molecule has 1 N–H and O–H groups in total. The molecule has 146 valence electrons. The zero-order valence-electron chi connectivity index (χ0n) is 16.1. The lowest BCUT2D eigenvalue weighted by molar-refractivity contribution is -0.125. The summed E-state index contributed by atoms with van der Waals surface area (Å²) in [6.45, 7) is 2.92. The van der Waals surface area contributed by atoms with Gasteiger partial charge in [0.15, 0.2) is 0 Å². The monoisotopic (exact) mass is 379 g/mol. The zero-order chi connectivity index (χ0) is 19.7. The second-order valence-electron chi connectivity index (χ2n) is 7.78. The number of nitrogens with one attached hydrogen (secondary N) is 1. The highest BCUT2D eigenvalue weighted by molar-refractivity contribution is 5.97. The lowest BCUT2D eigenvalue weighted by atomic mass is 10.1. The quantitative estimate of drug-likeness (QED) is 0.865. The molecular weight excluding hydrogens is 354 g/mol. The molecule has 6 heteroatoms. The Kier molecular flexibility index (Phi) is 5.03. The molecule has 1 aliphatic carbocycles. The second-order valence-corrected chi connectivity index (χ2v) is 7.78. The SMILES string of the molecule is Cc1cccc(Cn2cccc(C(=O)N3CCCC3C(=O)NC3CC3)c2=O)c1. The fourth-order valence-electron chi connectivity index (χ4n) is 3.79. The van der Waals surface area contributed by atoms with Crippen LogP contribution in [0.1, 0.15) is 47.2 Å². The maximum absolute atomic E-state index is 13.1. The Morgan fingerprint density at radius 2 is 1.96 bits per heavy atom. The van der Waals surface area contributed by atoms with Gasteiger partial charge >= 0.3 is 0 Å². The molecule has 1 saturated carbocycles. The Labute approximate surface area is 164 Å². The van der Waals surface area contributed by atoms with Crippen LogP contribution < -0.4 is 10.9 Å². The van der Waals surface area contributed by atoms with E-state index in [1.807, 2.05) is 31.2 Å². The summed E-state index contributed by atoms with van der Waals surface area (Å²) in [4.78, 5) is 40.1. The number of carbonyl (C=O) groups is 2.